The monoisotopic (exact) mass is 684 g/mol. The molecule has 0 fully saturated rings. The van der Waals surface area contributed by atoms with Gasteiger partial charge in [0.1, 0.15) is 0 Å². The summed E-state index contributed by atoms with van der Waals surface area (Å²) in [5.41, 5.74) is 0. The third-order valence-electron chi connectivity index (χ3n) is 3.25. The van der Waals surface area contributed by atoms with Crippen LogP contribution in [0.5, 0.6) is 0 Å². The molecule has 0 N–H and O–H groups in total. The van der Waals surface area contributed by atoms with Crippen LogP contribution in [0, 0.1) is 10.7 Å². The Morgan fingerprint density at radius 2 is 0.636 bits per heavy atom. The van der Waals surface area contributed by atoms with Crippen molar-refractivity contribution in [2.45, 2.75) is 0 Å². The molecule has 0 spiro atoms. The van der Waals surface area contributed by atoms with Gasteiger partial charge < -0.3 is 0 Å². The molecule has 4 heteroatoms. The number of rotatable bonds is 3. The van der Waals surface area contributed by atoms with Crippen molar-refractivity contribution in [3.05, 3.63) is 83.5 Å². The molecule has 0 aromatic heterocycles. The molecule has 110 valence electrons. The summed E-state index contributed by atoms with van der Waals surface area (Å²) in [5.74, 6) is 0. The van der Waals surface area contributed by atoms with E-state index < -0.39 is 14.7 Å². The summed E-state index contributed by atoms with van der Waals surface area (Å²) in [6.45, 7) is 0. The second-order valence-corrected chi connectivity index (χ2v) is 13.2. The first kappa shape index (κ1) is 17.2. The van der Waals surface area contributed by atoms with Crippen LogP contribution in [0.25, 0.3) is 0 Å². The van der Waals surface area contributed by atoms with Gasteiger partial charge in [0.2, 0.25) is 0 Å². The molecular formula is C18H12AsI3. The van der Waals surface area contributed by atoms with Crippen LogP contribution in [-0.4, -0.2) is 14.7 Å². The molecule has 0 aliphatic carbocycles. The second kappa shape index (κ2) is 7.99. The molecule has 22 heavy (non-hydrogen) atoms. The summed E-state index contributed by atoms with van der Waals surface area (Å²) < 4.78 is 8.32. The van der Waals surface area contributed by atoms with Gasteiger partial charge in [-0.1, -0.05) is 0 Å². The molecule has 0 radical (unpaired) electrons. The molecule has 0 aliphatic rings. The topological polar surface area (TPSA) is 0 Å². The van der Waals surface area contributed by atoms with Crippen LogP contribution in [0.15, 0.2) is 72.8 Å². The third-order valence-corrected chi connectivity index (χ3v) is 10.5. The fourth-order valence-electron chi connectivity index (χ4n) is 2.22. The Bertz CT molecular complexity index is 642. The molecule has 3 aromatic rings. The predicted molar refractivity (Wildman–Crippen MR) is 122 cm³/mol. The molecular weight excluding hydrogens is 672 g/mol. The molecule has 0 heterocycles. The maximum absolute atomic E-state index is 2.37. The second-order valence-electron chi connectivity index (χ2n) is 4.76. The van der Waals surface area contributed by atoms with E-state index in [2.05, 4.69) is 141 Å². The van der Waals surface area contributed by atoms with Crippen molar-refractivity contribution in [2.75, 3.05) is 0 Å². The van der Waals surface area contributed by atoms with Crippen LogP contribution in [0.3, 0.4) is 0 Å². The standard InChI is InChI=1S/C18H12AsI3/c20-16-7-1-13(2-8-16)19(14-3-9-17(21)10-4-14)15-5-11-18(22)12-6-15/h1-12H. The SMILES string of the molecule is Ic1ccc([As](c2ccc(I)cc2)c2ccc(I)cc2)cc1. The zero-order valence-electron chi connectivity index (χ0n) is 11.5. The Morgan fingerprint density at radius 3 is 0.864 bits per heavy atom. The molecule has 0 amide bonds. The molecule has 3 aromatic carbocycles. The summed E-state index contributed by atoms with van der Waals surface area (Å²) in [5, 5.41) is 0. The minimum atomic E-state index is -1.46. The van der Waals surface area contributed by atoms with Crippen LogP contribution in [-0.2, 0) is 0 Å². The Balaban J connectivity index is 2.10. The van der Waals surface area contributed by atoms with Crippen molar-refractivity contribution in [1.82, 2.24) is 0 Å². The van der Waals surface area contributed by atoms with E-state index in [0.717, 1.165) is 0 Å². The zero-order chi connectivity index (χ0) is 15.5. The summed E-state index contributed by atoms with van der Waals surface area (Å²) in [7, 11) is 0. The van der Waals surface area contributed by atoms with Crippen molar-refractivity contribution in [3.8, 4) is 0 Å². The van der Waals surface area contributed by atoms with Crippen molar-refractivity contribution < 1.29 is 0 Å². The molecule has 0 saturated heterocycles. The van der Waals surface area contributed by atoms with Gasteiger partial charge in [-0.15, -0.1) is 0 Å². The van der Waals surface area contributed by atoms with Gasteiger partial charge >= 0.3 is 179 Å². The van der Waals surface area contributed by atoms with Crippen LogP contribution < -0.4 is 13.1 Å². The van der Waals surface area contributed by atoms with Gasteiger partial charge in [0.05, 0.1) is 0 Å². The Labute approximate surface area is 176 Å². The van der Waals surface area contributed by atoms with Crippen LogP contribution >= 0.6 is 67.8 Å². The van der Waals surface area contributed by atoms with Gasteiger partial charge in [0.15, 0.2) is 0 Å². The van der Waals surface area contributed by atoms with Crippen LogP contribution in [0.1, 0.15) is 0 Å². The molecule has 0 nitrogen and oxygen atoms in total. The minimum absolute atomic E-state index is 1.29. The quantitative estimate of drug-likeness (QED) is 0.289. The number of hydrogen-bond acceptors (Lipinski definition) is 0. The zero-order valence-corrected chi connectivity index (χ0v) is 19.9. The van der Waals surface area contributed by atoms with E-state index in [1.165, 1.54) is 23.8 Å². The van der Waals surface area contributed by atoms with E-state index in [0.29, 0.717) is 0 Å². The van der Waals surface area contributed by atoms with Crippen molar-refractivity contribution in [1.29, 1.82) is 0 Å². The van der Waals surface area contributed by atoms with Crippen LogP contribution in [0.4, 0.5) is 0 Å². The summed E-state index contributed by atoms with van der Waals surface area (Å²) >= 11 is 5.65. The van der Waals surface area contributed by atoms with Gasteiger partial charge in [-0.05, 0) is 0 Å². The first-order chi connectivity index (χ1) is 10.6. The van der Waals surface area contributed by atoms with Gasteiger partial charge in [0, 0.05) is 0 Å². The summed E-state index contributed by atoms with van der Waals surface area (Å²) in [4.78, 5) is 0. The normalized spacial score (nSPS) is 10.9. The molecule has 0 aliphatic heterocycles. The van der Waals surface area contributed by atoms with E-state index in [-0.39, 0.29) is 0 Å². The maximum atomic E-state index is 2.37. The number of halogens is 3. The Kier molecular flexibility index (Phi) is 6.26. The first-order valence-electron chi connectivity index (χ1n) is 6.70. The predicted octanol–water partition coefficient (Wildman–Crippen LogP) is 4.02. The van der Waals surface area contributed by atoms with E-state index in [4.69, 9.17) is 0 Å². The summed E-state index contributed by atoms with van der Waals surface area (Å²) in [6, 6.07) is 27.1. The van der Waals surface area contributed by atoms with Gasteiger partial charge in [-0.25, -0.2) is 0 Å². The van der Waals surface area contributed by atoms with Crippen molar-refractivity contribution in [3.63, 3.8) is 0 Å². The number of hydrogen-bond donors (Lipinski definition) is 0. The van der Waals surface area contributed by atoms with E-state index in [9.17, 15) is 0 Å². The Hall–Kier alpha value is 0.408. The molecule has 0 saturated carbocycles. The number of benzene rings is 3. The fraction of sp³-hybridized carbons (Fsp3) is 0. The van der Waals surface area contributed by atoms with E-state index in [1.807, 2.05) is 0 Å². The van der Waals surface area contributed by atoms with Crippen molar-refractivity contribution in [2.24, 2.45) is 0 Å². The van der Waals surface area contributed by atoms with Crippen molar-refractivity contribution >= 4 is 95.5 Å². The van der Waals surface area contributed by atoms with E-state index >= 15 is 0 Å². The third kappa shape index (κ3) is 4.27. The summed E-state index contributed by atoms with van der Waals surface area (Å²) in [6.07, 6.45) is 0. The first-order valence-corrected chi connectivity index (χ1v) is 12.8. The molecule has 0 unspecified atom stereocenters. The van der Waals surface area contributed by atoms with E-state index in [1.54, 1.807) is 0 Å². The fourth-order valence-corrected chi connectivity index (χ4v) is 7.99. The Morgan fingerprint density at radius 1 is 0.409 bits per heavy atom. The van der Waals surface area contributed by atoms with Gasteiger partial charge in [-0.3, -0.25) is 0 Å². The molecule has 0 atom stereocenters. The average molecular weight is 684 g/mol. The van der Waals surface area contributed by atoms with Crippen LogP contribution in [0.2, 0.25) is 0 Å². The van der Waals surface area contributed by atoms with Gasteiger partial charge in [0.25, 0.3) is 0 Å². The average Bonchev–Trinajstić information content (AvgIpc) is 2.53. The molecule has 0 bridgehead atoms. The van der Waals surface area contributed by atoms with Gasteiger partial charge in [-0.2, -0.15) is 0 Å². The molecule has 3 rings (SSSR count).